The summed E-state index contributed by atoms with van der Waals surface area (Å²) < 4.78 is 9.41. The van der Waals surface area contributed by atoms with Crippen molar-refractivity contribution in [3.8, 4) is 0 Å². The summed E-state index contributed by atoms with van der Waals surface area (Å²) in [6, 6.07) is 0. The number of nitrogens with one attached hydrogen (secondary N) is 2. The summed E-state index contributed by atoms with van der Waals surface area (Å²) in [4.78, 5) is 104. The Kier molecular flexibility index (Phi) is 13.8. The number of nitrogens with zero attached hydrogens (tertiary/aromatic N) is 4. The maximum atomic E-state index is 12.6. The molecule has 4 rings (SSSR count). The number of ether oxygens (including phenoxy) is 2. The highest BCUT2D eigenvalue weighted by Crippen LogP contribution is 2.26. The van der Waals surface area contributed by atoms with Crippen LogP contribution in [0.15, 0.2) is 0 Å². The molecule has 4 aliphatic heterocycles. The number of rotatable bonds is 17. The molecule has 0 bridgehead atoms. The van der Waals surface area contributed by atoms with E-state index in [-0.39, 0.29) is 100 Å². The van der Waals surface area contributed by atoms with Gasteiger partial charge < -0.3 is 39.7 Å². The quantitative estimate of drug-likeness (QED) is 0.0993. The Bertz CT molecular complexity index is 1180. The SMILES string of the molecule is COC(=O)C1CC(=O)N(CCNC(=O)C2CC(=O)N(CCSSCCN3CC(C(=O)NCCN4CC(C(=O)OC)CC4=O)CC3=O)C2)C1. The average Bonchev–Trinajstić information content (AvgIpc) is 3.84. The molecular formula is C30H44N6O10S2. The highest BCUT2D eigenvalue weighted by Gasteiger charge is 2.38. The third kappa shape index (κ3) is 9.99. The minimum absolute atomic E-state index is 0.0826. The minimum atomic E-state index is -0.485. The molecule has 0 aromatic heterocycles. The van der Waals surface area contributed by atoms with Gasteiger partial charge in [0.15, 0.2) is 0 Å². The Hall–Kier alpha value is -3.54. The van der Waals surface area contributed by atoms with Gasteiger partial charge in [0.1, 0.15) is 0 Å². The van der Waals surface area contributed by atoms with Crippen molar-refractivity contribution in [1.82, 2.24) is 30.2 Å². The van der Waals surface area contributed by atoms with Crippen molar-refractivity contribution in [2.24, 2.45) is 23.7 Å². The molecule has 4 unspecified atom stereocenters. The Balaban J connectivity index is 1.03. The smallest absolute Gasteiger partial charge is 0.310 e. The van der Waals surface area contributed by atoms with Crippen LogP contribution in [-0.4, -0.2) is 158 Å². The maximum absolute atomic E-state index is 12.6. The summed E-state index contributed by atoms with van der Waals surface area (Å²) in [7, 11) is 5.72. The van der Waals surface area contributed by atoms with Crippen molar-refractivity contribution >= 4 is 69.0 Å². The molecule has 0 radical (unpaired) electrons. The van der Waals surface area contributed by atoms with Crippen LogP contribution in [-0.2, 0) is 47.8 Å². The lowest BCUT2D eigenvalue weighted by Gasteiger charge is -2.19. The van der Waals surface area contributed by atoms with Crippen molar-refractivity contribution in [1.29, 1.82) is 0 Å². The number of methoxy groups -OCH3 is 2. The van der Waals surface area contributed by atoms with E-state index in [1.807, 2.05) is 0 Å². The predicted molar refractivity (Wildman–Crippen MR) is 174 cm³/mol. The first-order valence-electron chi connectivity index (χ1n) is 16.1. The lowest BCUT2D eigenvalue weighted by molar-refractivity contribution is -0.145. The zero-order chi connectivity index (χ0) is 34.8. The fraction of sp³-hybridized carbons (Fsp3) is 0.733. The molecule has 0 aromatic rings. The van der Waals surface area contributed by atoms with Crippen LogP contribution >= 0.6 is 21.6 Å². The molecule has 4 fully saturated rings. The number of esters is 2. The van der Waals surface area contributed by atoms with Crippen molar-refractivity contribution in [3.63, 3.8) is 0 Å². The third-order valence-corrected chi connectivity index (χ3v) is 11.4. The molecule has 2 N–H and O–H groups in total. The molecule has 0 aromatic carbocycles. The maximum Gasteiger partial charge on any atom is 0.310 e. The zero-order valence-electron chi connectivity index (χ0n) is 27.3. The van der Waals surface area contributed by atoms with E-state index >= 15 is 0 Å². The van der Waals surface area contributed by atoms with Gasteiger partial charge >= 0.3 is 11.9 Å². The lowest BCUT2D eigenvalue weighted by atomic mass is 10.1. The van der Waals surface area contributed by atoms with E-state index < -0.39 is 35.6 Å². The highest BCUT2D eigenvalue weighted by molar-refractivity contribution is 8.76. The number of likely N-dealkylation sites (tertiary alicyclic amines) is 4. The molecule has 0 spiro atoms. The summed E-state index contributed by atoms with van der Waals surface area (Å²) in [5.74, 6) is -2.35. The number of amides is 6. The number of carbonyl (C=O) groups is 8. The molecule has 266 valence electrons. The van der Waals surface area contributed by atoms with E-state index in [1.165, 1.54) is 24.0 Å². The van der Waals surface area contributed by atoms with Gasteiger partial charge in [-0.3, -0.25) is 38.4 Å². The second kappa shape index (κ2) is 17.7. The van der Waals surface area contributed by atoms with Crippen LogP contribution in [0.5, 0.6) is 0 Å². The first-order chi connectivity index (χ1) is 23.0. The molecule has 4 aliphatic rings. The van der Waals surface area contributed by atoms with Crippen molar-refractivity contribution in [2.75, 3.05) is 91.2 Å². The summed E-state index contributed by atoms with van der Waals surface area (Å²) in [5.41, 5.74) is 0. The molecule has 0 saturated carbocycles. The normalized spacial score (nSPS) is 24.1. The van der Waals surface area contributed by atoms with E-state index in [4.69, 9.17) is 9.47 Å². The standard InChI is InChI=1S/C30H44N6O10S2/c1-45-29(43)21-13-25(39)33(17-21)5-3-31-27(41)19-11-23(37)35(15-19)7-9-47-48-10-8-36-16-20(12-24(36)38)28(42)32-4-6-34-18-22(14-26(34)40)30(44)46-2/h19-22H,3-18H2,1-2H3,(H,31,41)(H,32,42). The first-order valence-corrected chi connectivity index (χ1v) is 18.6. The summed E-state index contributed by atoms with van der Waals surface area (Å²) in [6.07, 6.45) is 0.476. The molecule has 16 nitrogen and oxygen atoms in total. The van der Waals surface area contributed by atoms with Crippen LogP contribution in [0.3, 0.4) is 0 Å². The van der Waals surface area contributed by atoms with Gasteiger partial charge in [0.2, 0.25) is 35.4 Å². The van der Waals surface area contributed by atoms with Crippen molar-refractivity contribution < 1.29 is 47.8 Å². The van der Waals surface area contributed by atoms with Crippen molar-refractivity contribution in [2.45, 2.75) is 25.7 Å². The topological polar surface area (TPSA) is 192 Å². The van der Waals surface area contributed by atoms with E-state index in [1.54, 1.807) is 31.4 Å². The Morgan fingerprint density at radius 1 is 0.562 bits per heavy atom. The zero-order valence-corrected chi connectivity index (χ0v) is 28.9. The lowest BCUT2D eigenvalue weighted by Crippen LogP contribution is -2.39. The highest BCUT2D eigenvalue weighted by atomic mass is 33.1. The van der Waals surface area contributed by atoms with E-state index in [0.29, 0.717) is 37.7 Å². The Labute approximate surface area is 287 Å². The number of hydrogen-bond donors (Lipinski definition) is 2. The second-order valence-electron chi connectivity index (χ2n) is 12.2. The summed E-state index contributed by atoms with van der Waals surface area (Å²) >= 11 is 0. The van der Waals surface area contributed by atoms with Crippen LogP contribution in [0.4, 0.5) is 0 Å². The fourth-order valence-electron chi connectivity index (χ4n) is 6.28. The first kappa shape index (κ1) is 37.3. The molecular weight excluding hydrogens is 668 g/mol. The van der Waals surface area contributed by atoms with Gasteiger partial charge in [-0.2, -0.15) is 0 Å². The number of hydrogen-bond acceptors (Lipinski definition) is 12. The van der Waals surface area contributed by atoms with Gasteiger partial charge in [-0.25, -0.2) is 0 Å². The fourth-order valence-corrected chi connectivity index (χ4v) is 8.26. The third-order valence-electron chi connectivity index (χ3n) is 9.00. The predicted octanol–water partition coefficient (Wildman–Crippen LogP) is -1.66. The molecule has 6 amide bonds. The molecule has 48 heavy (non-hydrogen) atoms. The van der Waals surface area contributed by atoms with Gasteiger partial charge in [0, 0.05) is 103 Å². The summed E-state index contributed by atoms with van der Waals surface area (Å²) in [6.45, 7) is 3.24. The van der Waals surface area contributed by atoms with E-state index in [0.717, 1.165) is 0 Å². The average molecular weight is 713 g/mol. The number of carbonyl (C=O) groups excluding carboxylic acids is 8. The van der Waals surface area contributed by atoms with E-state index in [9.17, 15) is 38.4 Å². The second-order valence-corrected chi connectivity index (χ2v) is 14.9. The Morgan fingerprint density at radius 3 is 1.23 bits per heavy atom. The van der Waals surface area contributed by atoms with Crippen LogP contribution < -0.4 is 10.6 Å². The van der Waals surface area contributed by atoms with Gasteiger partial charge in [0.05, 0.1) is 37.9 Å². The van der Waals surface area contributed by atoms with Crippen LogP contribution in [0.2, 0.25) is 0 Å². The van der Waals surface area contributed by atoms with Crippen LogP contribution in [0.25, 0.3) is 0 Å². The van der Waals surface area contributed by atoms with Crippen molar-refractivity contribution in [3.05, 3.63) is 0 Å². The largest absolute Gasteiger partial charge is 0.469 e. The van der Waals surface area contributed by atoms with Gasteiger partial charge in [-0.15, -0.1) is 0 Å². The van der Waals surface area contributed by atoms with Crippen LogP contribution in [0, 0.1) is 23.7 Å². The molecule has 4 heterocycles. The van der Waals surface area contributed by atoms with Gasteiger partial charge in [0.25, 0.3) is 0 Å². The molecule has 0 aliphatic carbocycles. The molecule has 4 saturated heterocycles. The summed E-state index contributed by atoms with van der Waals surface area (Å²) in [5, 5.41) is 5.60. The molecule has 4 atom stereocenters. The monoisotopic (exact) mass is 712 g/mol. The van der Waals surface area contributed by atoms with E-state index in [2.05, 4.69) is 10.6 Å². The van der Waals surface area contributed by atoms with Gasteiger partial charge in [-0.05, 0) is 0 Å². The van der Waals surface area contributed by atoms with Crippen LogP contribution in [0.1, 0.15) is 25.7 Å². The van der Waals surface area contributed by atoms with Gasteiger partial charge in [-0.1, -0.05) is 21.6 Å². The molecule has 18 heteroatoms. The Morgan fingerprint density at radius 2 is 0.875 bits per heavy atom. The minimum Gasteiger partial charge on any atom is -0.469 e.